The highest BCUT2D eigenvalue weighted by atomic mass is 35.5. The zero-order valence-corrected chi connectivity index (χ0v) is 13.5. The minimum Gasteiger partial charge on any atom is -0.333 e. The molecule has 0 aromatic heterocycles. The number of carbonyl (C=O) groups is 2. The van der Waals surface area contributed by atoms with Crippen LogP contribution in [0.2, 0.25) is 0 Å². The third-order valence-corrected chi connectivity index (χ3v) is 4.09. The van der Waals surface area contributed by atoms with E-state index in [-0.39, 0.29) is 36.2 Å². The molecule has 1 atom stereocenters. The van der Waals surface area contributed by atoms with Gasteiger partial charge in [0.05, 0.1) is 0 Å². The van der Waals surface area contributed by atoms with Crippen molar-refractivity contribution in [1.82, 2.24) is 10.2 Å². The van der Waals surface area contributed by atoms with Gasteiger partial charge in [-0.25, -0.2) is 0 Å². The van der Waals surface area contributed by atoms with E-state index in [9.17, 15) is 9.59 Å². The van der Waals surface area contributed by atoms with Gasteiger partial charge in [-0.1, -0.05) is 6.07 Å². The van der Waals surface area contributed by atoms with E-state index in [4.69, 9.17) is 0 Å². The fourth-order valence-corrected chi connectivity index (χ4v) is 2.63. The lowest BCUT2D eigenvalue weighted by Gasteiger charge is -2.34. The summed E-state index contributed by atoms with van der Waals surface area (Å²) in [5.74, 6) is 0.263. The molecule has 1 aliphatic carbocycles. The highest BCUT2D eigenvalue weighted by Gasteiger charge is 2.30. The fourth-order valence-electron chi connectivity index (χ4n) is 2.63. The smallest absolute Gasteiger partial charge is 0.254 e. The first-order valence-corrected chi connectivity index (χ1v) is 7.58. The lowest BCUT2D eigenvalue weighted by Crippen LogP contribution is -2.52. The number of halogens is 1. The molecule has 0 radical (unpaired) electrons. The third kappa shape index (κ3) is 3.78. The molecule has 3 rings (SSSR count). The van der Waals surface area contributed by atoms with Gasteiger partial charge in [0, 0.05) is 42.8 Å². The number of carbonyl (C=O) groups excluding carboxylic acids is 2. The van der Waals surface area contributed by atoms with E-state index >= 15 is 0 Å². The lowest BCUT2D eigenvalue weighted by atomic mass is 10.1. The van der Waals surface area contributed by atoms with E-state index < -0.39 is 0 Å². The van der Waals surface area contributed by atoms with Crippen molar-refractivity contribution in [3.63, 3.8) is 0 Å². The number of hydrogen-bond donors (Lipinski definition) is 2. The van der Waals surface area contributed by atoms with Crippen LogP contribution in [-0.2, 0) is 4.79 Å². The van der Waals surface area contributed by atoms with Crippen LogP contribution in [0, 0.1) is 5.92 Å². The number of amides is 2. The molecule has 6 heteroatoms. The van der Waals surface area contributed by atoms with Gasteiger partial charge < -0.3 is 15.5 Å². The predicted molar refractivity (Wildman–Crippen MR) is 88.4 cm³/mol. The zero-order chi connectivity index (χ0) is 14.8. The minimum absolute atomic E-state index is 0. The Hall–Kier alpha value is -1.59. The predicted octanol–water partition coefficient (Wildman–Crippen LogP) is 1.89. The molecule has 2 aliphatic rings. The number of rotatable bonds is 3. The van der Waals surface area contributed by atoms with Crippen LogP contribution in [0.3, 0.4) is 0 Å². The summed E-state index contributed by atoms with van der Waals surface area (Å²) in [7, 11) is 0. The topological polar surface area (TPSA) is 61.4 Å². The van der Waals surface area contributed by atoms with Crippen LogP contribution < -0.4 is 10.6 Å². The second-order valence-electron chi connectivity index (χ2n) is 5.90. The van der Waals surface area contributed by atoms with E-state index in [2.05, 4.69) is 10.6 Å². The molecule has 0 bridgehead atoms. The Labute approximate surface area is 136 Å². The summed E-state index contributed by atoms with van der Waals surface area (Å²) >= 11 is 0. The molecule has 2 amide bonds. The highest BCUT2D eigenvalue weighted by Crippen LogP contribution is 2.30. The lowest BCUT2D eigenvalue weighted by molar-refractivity contribution is -0.117. The average Bonchev–Trinajstić information content (AvgIpc) is 3.32. The van der Waals surface area contributed by atoms with Crippen LogP contribution in [0.25, 0.3) is 0 Å². The number of anilines is 1. The Morgan fingerprint density at radius 3 is 2.77 bits per heavy atom. The molecule has 2 N–H and O–H groups in total. The summed E-state index contributed by atoms with van der Waals surface area (Å²) in [5, 5.41) is 6.17. The Morgan fingerprint density at radius 1 is 1.32 bits per heavy atom. The van der Waals surface area contributed by atoms with Gasteiger partial charge >= 0.3 is 0 Å². The number of benzene rings is 1. The molecule has 2 fully saturated rings. The quantitative estimate of drug-likeness (QED) is 0.893. The summed E-state index contributed by atoms with van der Waals surface area (Å²) in [6.07, 6.45) is 1.95. The SMILES string of the molecule is CC1CNCCN1C(=O)c1cccc(NC(=O)C2CC2)c1.Cl. The third-order valence-electron chi connectivity index (χ3n) is 4.09. The number of nitrogens with zero attached hydrogens (tertiary/aromatic N) is 1. The van der Waals surface area contributed by atoms with Gasteiger partial charge in [-0.05, 0) is 38.0 Å². The average molecular weight is 324 g/mol. The van der Waals surface area contributed by atoms with Crippen LogP contribution in [0.15, 0.2) is 24.3 Å². The summed E-state index contributed by atoms with van der Waals surface area (Å²) in [4.78, 5) is 26.3. The monoisotopic (exact) mass is 323 g/mol. The van der Waals surface area contributed by atoms with Crippen molar-refractivity contribution in [2.24, 2.45) is 5.92 Å². The summed E-state index contributed by atoms with van der Waals surface area (Å²) < 4.78 is 0. The molecule has 1 aromatic rings. The van der Waals surface area contributed by atoms with Crippen LogP contribution in [0.5, 0.6) is 0 Å². The summed E-state index contributed by atoms with van der Waals surface area (Å²) in [5.41, 5.74) is 1.35. The van der Waals surface area contributed by atoms with Gasteiger partial charge in [0.1, 0.15) is 0 Å². The van der Waals surface area contributed by atoms with Gasteiger partial charge in [0.25, 0.3) is 5.91 Å². The Balaban J connectivity index is 0.00000176. The first-order valence-electron chi connectivity index (χ1n) is 7.58. The summed E-state index contributed by atoms with van der Waals surface area (Å²) in [6, 6.07) is 7.43. The normalized spacial score (nSPS) is 21.0. The minimum atomic E-state index is 0. The molecule has 1 saturated carbocycles. The highest BCUT2D eigenvalue weighted by molar-refractivity contribution is 5.98. The van der Waals surface area contributed by atoms with Crippen molar-refractivity contribution < 1.29 is 9.59 Å². The number of piperazine rings is 1. The van der Waals surface area contributed by atoms with Crippen molar-refractivity contribution >= 4 is 29.9 Å². The van der Waals surface area contributed by atoms with Gasteiger partial charge in [-0.15, -0.1) is 12.4 Å². The van der Waals surface area contributed by atoms with Crippen molar-refractivity contribution in [3.05, 3.63) is 29.8 Å². The fraction of sp³-hybridized carbons (Fsp3) is 0.500. The maximum atomic E-state index is 12.6. The van der Waals surface area contributed by atoms with Gasteiger partial charge in [0.2, 0.25) is 5.91 Å². The maximum absolute atomic E-state index is 12.6. The van der Waals surface area contributed by atoms with Crippen LogP contribution in [0.4, 0.5) is 5.69 Å². The second-order valence-corrected chi connectivity index (χ2v) is 5.90. The Bertz CT molecular complexity index is 560. The standard InChI is InChI=1S/C16H21N3O2.ClH/c1-11-10-17-7-8-19(11)16(21)13-3-2-4-14(9-13)18-15(20)12-5-6-12;/h2-4,9,11-12,17H,5-8,10H2,1H3,(H,18,20);1H. The largest absolute Gasteiger partial charge is 0.333 e. The van der Waals surface area contributed by atoms with Crippen molar-refractivity contribution in [1.29, 1.82) is 0 Å². The summed E-state index contributed by atoms with van der Waals surface area (Å²) in [6.45, 7) is 4.42. The molecule has 120 valence electrons. The Kier molecular flexibility index (Phi) is 5.42. The van der Waals surface area contributed by atoms with Crippen LogP contribution in [0.1, 0.15) is 30.1 Å². The van der Waals surface area contributed by atoms with Gasteiger partial charge in [-0.2, -0.15) is 0 Å². The molecule has 22 heavy (non-hydrogen) atoms. The molecular weight excluding hydrogens is 302 g/mol. The van der Waals surface area contributed by atoms with Crippen molar-refractivity contribution in [2.75, 3.05) is 25.0 Å². The van der Waals surface area contributed by atoms with E-state index in [1.54, 1.807) is 6.07 Å². The number of nitrogens with one attached hydrogen (secondary N) is 2. The first kappa shape index (κ1) is 16.8. The molecular formula is C16H22ClN3O2. The van der Waals surface area contributed by atoms with E-state index in [1.165, 1.54) is 0 Å². The second kappa shape index (κ2) is 7.11. The first-order chi connectivity index (χ1) is 10.1. The Morgan fingerprint density at radius 2 is 2.09 bits per heavy atom. The zero-order valence-electron chi connectivity index (χ0n) is 12.7. The van der Waals surface area contributed by atoms with Crippen molar-refractivity contribution in [2.45, 2.75) is 25.8 Å². The van der Waals surface area contributed by atoms with E-state index in [0.717, 1.165) is 32.5 Å². The van der Waals surface area contributed by atoms with Crippen LogP contribution >= 0.6 is 12.4 Å². The molecule has 1 saturated heterocycles. The molecule has 0 spiro atoms. The molecule has 5 nitrogen and oxygen atoms in total. The maximum Gasteiger partial charge on any atom is 0.254 e. The van der Waals surface area contributed by atoms with E-state index in [1.807, 2.05) is 30.0 Å². The van der Waals surface area contributed by atoms with E-state index in [0.29, 0.717) is 11.3 Å². The van der Waals surface area contributed by atoms with Gasteiger partial charge in [0.15, 0.2) is 0 Å². The number of hydrogen-bond acceptors (Lipinski definition) is 3. The van der Waals surface area contributed by atoms with Crippen molar-refractivity contribution in [3.8, 4) is 0 Å². The molecule has 1 heterocycles. The van der Waals surface area contributed by atoms with Gasteiger partial charge in [-0.3, -0.25) is 9.59 Å². The van der Waals surface area contributed by atoms with Crippen LogP contribution in [-0.4, -0.2) is 42.4 Å². The molecule has 1 aromatic carbocycles. The molecule has 1 aliphatic heterocycles. The molecule has 1 unspecified atom stereocenters.